The van der Waals surface area contributed by atoms with Gasteiger partial charge in [0.05, 0.1) is 0 Å². The van der Waals surface area contributed by atoms with Crippen LogP contribution in [0.5, 0.6) is 0 Å². The maximum Gasteiger partial charge on any atom is 0.126 e. The molecule has 1 nitrogen and oxygen atoms in total. The van der Waals surface area contributed by atoms with Crippen LogP contribution < -0.4 is 0 Å². The molecule has 54 valence electrons. The summed E-state index contributed by atoms with van der Waals surface area (Å²) in [5.74, 6) is 0.116. The highest BCUT2D eigenvalue weighted by atomic mass is 16.1. The van der Waals surface area contributed by atoms with Crippen molar-refractivity contribution < 1.29 is 4.79 Å². The van der Waals surface area contributed by atoms with Crippen LogP contribution in [-0.4, -0.2) is 6.29 Å². The van der Waals surface area contributed by atoms with E-state index in [-0.39, 0.29) is 5.92 Å². The second kappa shape index (κ2) is 3.35. The van der Waals surface area contributed by atoms with E-state index in [9.17, 15) is 4.79 Å². The van der Waals surface area contributed by atoms with E-state index in [0.717, 1.165) is 19.1 Å². The first-order chi connectivity index (χ1) is 4.84. The summed E-state index contributed by atoms with van der Waals surface area (Å²) in [6.07, 6.45) is 9.34. The Morgan fingerprint density at radius 2 is 2.50 bits per heavy atom. The molecule has 0 aliphatic heterocycles. The van der Waals surface area contributed by atoms with Crippen molar-refractivity contribution >= 4 is 6.29 Å². The van der Waals surface area contributed by atoms with Crippen molar-refractivity contribution in [2.45, 2.75) is 19.8 Å². The van der Waals surface area contributed by atoms with Crippen molar-refractivity contribution in [2.24, 2.45) is 5.92 Å². The van der Waals surface area contributed by atoms with Gasteiger partial charge in [-0.2, -0.15) is 0 Å². The Balaban J connectivity index is 2.61. The molecule has 1 aliphatic rings. The molecular weight excluding hydrogens is 124 g/mol. The number of hydrogen-bond acceptors (Lipinski definition) is 1. The minimum atomic E-state index is 0.116. The van der Waals surface area contributed by atoms with Crippen LogP contribution in [0.15, 0.2) is 23.8 Å². The lowest BCUT2D eigenvalue weighted by Crippen LogP contribution is -2.01. The van der Waals surface area contributed by atoms with Crippen molar-refractivity contribution in [1.29, 1.82) is 0 Å². The Morgan fingerprint density at radius 1 is 1.70 bits per heavy atom. The van der Waals surface area contributed by atoms with Gasteiger partial charge in [0, 0.05) is 5.92 Å². The first-order valence-electron chi connectivity index (χ1n) is 3.65. The smallest absolute Gasteiger partial charge is 0.126 e. The average molecular weight is 136 g/mol. The molecule has 1 aliphatic carbocycles. The highest BCUT2D eigenvalue weighted by Gasteiger charge is 2.06. The molecule has 0 bridgehead atoms. The van der Waals surface area contributed by atoms with Crippen molar-refractivity contribution in [2.75, 3.05) is 0 Å². The SMILES string of the molecule is CC(C=O)C1=CC=CCC1. The predicted octanol–water partition coefficient (Wildman–Crippen LogP) is 2.10. The Kier molecular flexibility index (Phi) is 2.43. The van der Waals surface area contributed by atoms with E-state index < -0.39 is 0 Å². The topological polar surface area (TPSA) is 17.1 Å². The molecule has 0 radical (unpaired) electrons. The fourth-order valence-electron chi connectivity index (χ4n) is 1.09. The molecule has 0 spiro atoms. The number of hydrogen-bond donors (Lipinski definition) is 0. The monoisotopic (exact) mass is 136 g/mol. The fourth-order valence-corrected chi connectivity index (χ4v) is 1.09. The lowest BCUT2D eigenvalue weighted by atomic mass is 9.95. The Labute approximate surface area is 61.4 Å². The fraction of sp³-hybridized carbons (Fsp3) is 0.444. The van der Waals surface area contributed by atoms with Gasteiger partial charge in [-0.05, 0) is 12.8 Å². The summed E-state index contributed by atoms with van der Waals surface area (Å²) in [5.41, 5.74) is 1.26. The quantitative estimate of drug-likeness (QED) is 0.531. The van der Waals surface area contributed by atoms with Gasteiger partial charge in [-0.1, -0.05) is 30.7 Å². The van der Waals surface area contributed by atoms with Crippen LogP contribution >= 0.6 is 0 Å². The molecule has 0 aromatic heterocycles. The van der Waals surface area contributed by atoms with Crippen molar-refractivity contribution in [3.63, 3.8) is 0 Å². The summed E-state index contributed by atoms with van der Waals surface area (Å²) in [6, 6.07) is 0. The molecule has 0 aromatic carbocycles. The van der Waals surface area contributed by atoms with Crippen molar-refractivity contribution in [1.82, 2.24) is 0 Å². The normalized spacial score (nSPS) is 19.9. The molecule has 1 atom stereocenters. The molecule has 1 rings (SSSR count). The summed E-state index contributed by atoms with van der Waals surface area (Å²) in [7, 11) is 0. The molecule has 0 fully saturated rings. The average Bonchev–Trinajstić information content (AvgIpc) is 2.05. The van der Waals surface area contributed by atoms with Gasteiger partial charge in [-0.15, -0.1) is 0 Å². The number of allylic oxidation sites excluding steroid dienone is 4. The summed E-state index contributed by atoms with van der Waals surface area (Å²) in [5, 5.41) is 0. The van der Waals surface area contributed by atoms with E-state index in [1.165, 1.54) is 5.57 Å². The van der Waals surface area contributed by atoms with Gasteiger partial charge in [-0.25, -0.2) is 0 Å². The summed E-state index contributed by atoms with van der Waals surface area (Å²) in [4.78, 5) is 10.3. The zero-order chi connectivity index (χ0) is 7.40. The van der Waals surface area contributed by atoms with E-state index in [1.54, 1.807) is 0 Å². The van der Waals surface area contributed by atoms with E-state index in [4.69, 9.17) is 0 Å². The second-order valence-electron chi connectivity index (χ2n) is 2.63. The number of aldehydes is 1. The molecule has 10 heavy (non-hydrogen) atoms. The molecular formula is C9H12O. The highest BCUT2D eigenvalue weighted by Crippen LogP contribution is 2.18. The van der Waals surface area contributed by atoms with Gasteiger partial charge in [-0.3, -0.25) is 0 Å². The van der Waals surface area contributed by atoms with Crippen LogP contribution in [0.3, 0.4) is 0 Å². The first kappa shape index (κ1) is 7.26. The molecule has 0 heterocycles. The highest BCUT2D eigenvalue weighted by molar-refractivity contribution is 5.58. The maximum atomic E-state index is 10.3. The Hall–Kier alpha value is -0.850. The van der Waals surface area contributed by atoms with Crippen LogP contribution in [0, 0.1) is 5.92 Å². The van der Waals surface area contributed by atoms with Crippen molar-refractivity contribution in [3.05, 3.63) is 23.8 Å². The zero-order valence-corrected chi connectivity index (χ0v) is 6.21. The molecule has 1 heteroatoms. The van der Waals surface area contributed by atoms with Gasteiger partial charge in [0.25, 0.3) is 0 Å². The summed E-state index contributed by atoms with van der Waals surface area (Å²) >= 11 is 0. The van der Waals surface area contributed by atoms with Crippen LogP contribution in [0.2, 0.25) is 0 Å². The number of carbonyl (C=O) groups is 1. The molecule has 1 unspecified atom stereocenters. The third-order valence-electron chi connectivity index (χ3n) is 1.84. The van der Waals surface area contributed by atoms with Gasteiger partial charge in [0.2, 0.25) is 0 Å². The van der Waals surface area contributed by atoms with Gasteiger partial charge >= 0.3 is 0 Å². The summed E-state index contributed by atoms with van der Waals surface area (Å²) < 4.78 is 0. The molecule has 0 amide bonds. The first-order valence-corrected chi connectivity index (χ1v) is 3.65. The van der Waals surface area contributed by atoms with Gasteiger partial charge in [0.1, 0.15) is 6.29 Å². The van der Waals surface area contributed by atoms with E-state index in [2.05, 4.69) is 6.08 Å². The molecule has 0 saturated carbocycles. The second-order valence-corrected chi connectivity index (χ2v) is 2.63. The molecule has 0 N–H and O–H groups in total. The minimum Gasteiger partial charge on any atom is -0.303 e. The minimum absolute atomic E-state index is 0.116. The predicted molar refractivity (Wildman–Crippen MR) is 41.7 cm³/mol. The van der Waals surface area contributed by atoms with Crippen molar-refractivity contribution in [3.8, 4) is 0 Å². The van der Waals surface area contributed by atoms with Crippen LogP contribution in [0.1, 0.15) is 19.8 Å². The van der Waals surface area contributed by atoms with Crippen LogP contribution in [0.4, 0.5) is 0 Å². The lowest BCUT2D eigenvalue weighted by Gasteiger charge is -2.10. The van der Waals surface area contributed by atoms with E-state index in [0.29, 0.717) is 0 Å². The van der Waals surface area contributed by atoms with Gasteiger partial charge < -0.3 is 4.79 Å². The summed E-state index contributed by atoms with van der Waals surface area (Å²) in [6.45, 7) is 1.94. The van der Waals surface area contributed by atoms with E-state index >= 15 is 0 Å². The molecule has 0 saturated heterocycles. The maximum absolute atomic E-state index is 10.3. The third kappa shape index (κ3) is 1.56. The van der Waals surface area contributed by atoms with Gasteiger partial charge in [0.15, 0.2) is 0 Å². The Bertz CT molecular complexity index is 177. The standard InChI is InChI=1S/C9H12O/c1-8(7-10)9-5-3-2-4-6-9/h2-3,5,7-8H,4,6H2,1H3. The zero-order valence-electron chi connectivity index (χ0n) is 6.21. The molecule has 0 aromatic rings. The lowest BCUT2D eigenvalue weighted by molar-refractivity contribution is -0.109. The third-order valence-corrected chi connectivity index (χ3v) is 1.84. The van der Waals surface area contributed by atoms with Crippen LogP contribution in [-0.2, 0) is 4.79 Å². The number of rotatable bonds is 2. The van der Waals surface area contributed by atoms with Crippen LogP contribution in [0.25, 0.3) is 0 Å². The Morgan fingerprint density at radius 3 is 3.00 bits per heavy atom. The number of carbonyl (C=O) groups excluding carboxylic acids is 1. The largest absolute Gasteiger partial charge is 0.303 e. The van der Waals surface area contributed by atoms with E-state index in [1.807, 2.05) is 19.1 Å².